The maximum Gasteiger partial charge on any atom is 0.189 e. The summed E-state index contributed by atoms with van der Waals surface area (Å²) >= 11 is 0. The fraction of sp³-hybridized carbons (Fsp3) is 0.367. The van der Waals surface area contributed by atoms with Crippen LogP contribution in [-0.4, -0.2) is 46.5 Å². The van der Waals surface area contributed by atoms with Crippen molar-refractivity contribution in [3.63, 3.8) is 0 Å². The molecular weight excluding hydrogens is 492 g/mol. The number of nitrogens with zero attached hydrogens (tertiary/aromatic N) is 5. The van der Waals surface area contributed by atoms with Gasteiger partial charge in [-0.2, -0.15) is 5.26 Å². The lowest BCUT2D eigenvalue weighted by Gasteiger charge is -2.30. The van der Waals surface area contributed by atoms with Gasteiger partial charge in [-0.3, -0.25) is 4.98 Å². The van der Waals surface area contributed by atoms with E-state index in [2.05, 4.69) is 45.5 Å². The molecule has 2 aliphatic heterocycles. The maximum atomic E-state index is 9.95. The van der Waals surface area contributed by atoms with Crippen molar-refractivity contribution in [1.29, 1.82) is 5.26 Å². The van der Waals surface area contributed by atoms with Crippen LogP contribution in [-0.2, 0) is 21.3 Å². The van der Waals surface area contributed by atoms with Crippen molar-refractivity contribution in [2.45, 2.75) is 37.5 Å². The molecule has 0 amide bonds. The summed E-state index contributed by atoms with van der Waals surface area (Å²) in [6.45, 7) is 2.85. The van der Waals surface area contributed by atoms with Crippen molar-refractivity contribution in [2.24, 2.45) is 5.92 Å². The monoisotopic (exact) mass is 522 g/mol. The maximum absolute atomic E-state index is 9.95. The summed E-state index contributed by atoms with van der Waals surface area (Å²) in [7, 11) is 0. The molecule has 1 aromatic carbocycles. The number of nitriles is 1. The molecule has 2 aliphatic rings. The van der Waals surface area contributed by atoms with Crippen LogP contribution in [0.15, 0.2) is 59.4 Å². The molecule has 1 atom stereocenters. The smallest absolute Gasteiger partial charge is 0.189 e. The van der Waals surface area contributed by atoms with Crippen LogP contribution in [0.1, 0.15) is 36.9 Å². The first-order valence-corrected chi connectivity index (χ1v) is 13.4. The van der Waals surface area contributed by atoms with Crippen LogP contribution in [0.3, 0.4) is 0 Å². The highest BCUT2D eigenvalue weighted by atomic mass is 16.5. The van der Waals surface area contributed by atoms with Crippen LogP contribution in [0, 0.1) is 17.2 Å². The van der Waals surface area contributed by atoms with Gasteiger partial charge in [0.25, 0.3) is 0 Å². The van der Waals surface area contributed by atoms with E-state index in [-0.39, 0.29) is 5.82 Å². The Labute approximate surface area is 227 Å². The lowest BCUT2D eigenvalue weighted by Crippen LogP contribution is -2.33. The average molecular weight is 523 g/mol. The van der Waals surface area contributed by atoms with Gasteiger partial charge in [0.2, 0.25) is 0 Å². The highest BCUT2D eigenvalue weighted by molar-refractivity contribution is 5.73. The lowest BCUT2D eigenvalue weighted by atomic mass is 9.78. The highest BCUT2D eigenvalue weighted by Gasteiger charge is 2.36. The summed E-state index contributed by atoms with van der Waals surface area (Å²) in [5, 5.41) is 14.2. The second-order valence-electron chi connectivity index (χ2n) is 10.3. The van der Waals surface area contributed by atoms with E-state index >= 15 is 0 Å². The molecule has 0 spiro atoms. The van der Waals surface area contributed by atoms with Crippen LogP contribution >= 0.6 is 0 Å². The number of aromatic nitrogens is 4. The van der Waals surface area contributed by atoms with E-state index in [1.165, 1.54) is 5.56 Å². The van der Waals surface area contributed by atoms with Gasteiger partial charge in [0, 0.05) is 49.8 Å². The molecule has 9 nitrogen and oxygen atoms in total. The average Bonchev–Trinajstić information content (AvgIpc) is 3.70. The number of nitrogens with two attached hydrogens (primary N) is 1. The molecule has 0 aliphatic carbocycles. The van der Waals surface area contributed by atoms with E-state index in [1.807, 2.05) is 18.2 Å². The van der Waals surface area contributed by atoms with Crippen molar-refractivity contribution in [2.75, 3.05) is 32.2 Å². The summed E-state index contributed by atoms with van der Waals surface area (Å²) in [4.78, 5) is 13.7. The molecule has 0 saturated carbocycles. The molecule has 2 fully saturated rings. The predicted octanol–water partition coefficient (Wildman–Crippen LogP) is 4.98. The Kier molecular flexibility index (Phi) is 7.05. The van der Waals surface area contributed by atoms with E-state index in [0.717, 1.165) is 43.6 Å². The molecule has 0 bridgehead atoms. The Morgan fingerprint density at radius 3 is 2.59 bits per heavy atom. The van der Waals surface area contributed by atoms with Crippen LogP contribution in [0.2, 0.25) is 0 Å². The quantitative estimate of drug-likeness (QED) is 0.356. The van der Waals surface area contributed by atoms with Crippen molar-refractivity contribution >= 4 is 5.82 Å². The predicted molar refractivity (Wildman–Crippen MR) is 145 cm³/mol. The zero-order valence-electron chi connectivity index (χ0n) is 21.7. The highest BCUT2D eigenvalue weighted by Crippen LogP contribution is 2.35. The van der Waals surface area contributed by atoms with Crippen LogP contribution < -0.4 is 5.73 Å². The van der Waals surface area contributed by atoms with E-state index in [4.69, 9.17) is 24.7 Å². The Morgan fingerprint density at radius 2 is 1.82 bits per heavy atom. The molecule has 2 saturated heterocycles. The molecular formula is C30H30N6O3. The van der Waals surface area contributed by atoms with E-state index < -0.39 is 5.41 Å². The zero-order chi connectivity index (χ0) is 26.7. The van der Waals surface area contributed by atoms with Gasteiger partial charge in [-0.15, -0.1) is 0 Å². The first-order chi connectivity index (χ1) is 19.1. The topological polar surface area (TPSA) is 133 Å². The summed E-state index contributed by atoms with van der Waals surface area (Å²) in [6.07, 6.45) is 7.88. The first-order valence-electron chi connectivity index (χ1n) is 13.4. The van der Waals surface area contributed by atoms with Gasteiger partial charge in [0.05, 0.1) is 23.7 Å². The lowest BCUT2D eigenvalue weighted by molar-refractivity contribution is 0.0664. The minimum Gasteiger partial charge on any atom is -0.382 e. The van der Waals surface area contributed by atoms with Gasteiger partial charge in [-0.1, -0.05) is 29.4 Å². The molecule has 0 unspecified atom stereocenters. The summed E-state index contributed by atoms with van der Waals surface area (Å²) in [6, 6.07) is 16.5. The fourth-order valence-electron chi connectivity index (χ4n) is 5.26. The largest absolute Gasteiger partial charge is 0.382 e. The van der Waals surface area contributed by atoms with Gasteiger partial charge in [-0.05, 0) is 55.7 Å². The molecule has 3 aromatic heterocycles. The minimum absolute atomic E-state index is 0.250. The molecule has 6 rings (SSSR count). The second-order valence-corrected chi connectivity index (χ2v) is 10.3. The van der Waals surface area contributed by atoms with Gasteiger partial charge >= 0.3 is 0 Å². The number of pyridine rings is 1. The Bertz CT molecular complexity index is 1480. The molecule has 2 N–H and O–H groups in total. The standard InChI is InChI=1S/C30H30N6O3/c31-19-30(9-13-37-14-10-30)27-15-23(7-11-33-27)25-17-34-29(32)28(35-25)26-16-24(36-39-26)22-5-3-20(4-6-22)1-2-21-8-12-38-18-21/h3-7,11,15-17,21H,1-2,8-10,12-14,18H2,(H2,32,34)/t21-/m0/s1. The molecule has 5 heterocycles. The van der Waals surface area contributed by atoms with Crippen LogP contribution in [0.5, 0.6) is 0 Å². The number of ether oxygens (including phenoxy) is 2. The van der Waals surface area contributed by atoms with Crippen LogP contribution in [0.25, 0.3) is 34.0 Å². The fourth-order valence-corrected chi connectivity index (χ4v) is 5.26. The Morgan fingerprint density at radius 1 is 0.974 bits per heavy atom. The van der Waals surface area contributed by atoms with E-state index in [9.17, 15) is 5.26 Å². The molecule has 4 aromatic rings. The van der Waals surface area contributed by atoms with Crippen molar-refractivity contribution in [3.8, 4) is 40.0 Å². The van der Waals surface area contributed by atoms with Crippen LogP contribution in [0.4, 0.5) is 5.82 Å². The second kappa shape index (κ2) is 10.9. The number of rotatable bonds is 7. The molecule has 9 heteroatoms. The normalized spacial score (nSPS) is 18.6. The third kappa shape index (κ3) is 5.26. The van der Waals surface area contributed by atoms with Gasteiger partial charge in [0.1, 0.15) is 11.1 Å². The number of anilines is 1. The number of hydrogen-bond acceptors (Lipinski definition) is 9. The number of benzene rings is 1. The third-order valence-electron chi connectivity index (χ3n) is 7.77. The van der Waals surface area contributed by atoms with Gasteiger partial charge in [-0.25, -0.2) is 9.97 Å². The minimum atomic E-state index is -0.668. The van der Waals surface area contributed by atoms with Crippen molar-refractivity contribution in [1.82, 2.24) is 20.1 Å². The van der Waals surface area contributed by atoms with Gasteiger partial charge < -0.3 is 19.7 Å². The Balaban J connectivity index is 1.22. The van der Waals surface area contributed by atoms with E-state index in [1.54, 1.807) is 12.4 Å². The SMILES string of the molecule is N#CC1(c2cc(-c3cnc(N)c(-c4cc(-c5ccc(CC[C@H]6CCOC6)cc5)no4)n3)ccn2)CCOCC1. The Hall–Kier alpha value is -4.13. The number of hydrogen-bond donors (Lipinski definition) is 1. The number of aryl methyl sites for hydroxylation is 1. The molecule has 0 radical (unpaired) electrons. The first kappa shape index (κ1) is 25.2. The summed E-state index contributed by atoms with van der Waals surface area (Å²) in [5.74, 6) is 1.35. The zero-order valence-corrected chi connectivity index (χ0v) is 21.7. The number of nitrogen functional groups attached to an aromatic ring is 1. The summed E-state index contributed by atoms with van der Waals surface area (Å²) in [5.41, 5.74) is 11.0. The third-order valence-corrected chi connectivity index (χ3v) is 7.77. The summed E-state index contributed by atoms with van der Waals surface area (Å²) < 4.78 is 16.6. The van der Waals surface area contributed by atoms with Crippen molar-refractivity contribution < 1.29 is 14.0 Å². The van der Waals surface area contributed by atoms with E-state index in [0.29, 0.717) is 60.5 Å². The van der Waals surface area contributed by atoms with Gasteiger partial charge in [0.15, 0.2) is 17.3 Å². The molecule has 198 valence electrons. The van der Waals surface area contributed by atoms with Crippen molar-refractivity contribution in [3.05, 3.63) is 66.1 Å². The molecule has 39 heavy (non-hydrogen) atoms.